The van der Waals surface area contributed by atoms with Crippen molar-refractivity contribution in [1.82, 2.24) is 19.6 Å². The van der Waals surface area contributed by atoms with Crippen molar-refractivity contribution < 1.29 is 8.83 Å². The lowest BCUT2D eigenvalue weighted by atomic mass is 10.1. The van der Waals surface area contributed by atoms with Crippen molar-refractivity contribution in [2.24, 2.45) is 5.92 Å². The Balaban J connectivity index is 1.53. The summed E-state index contributed by atoms with van der Waals surface area (Å²) >= 11 is 2.67. The normalized spacial score (nSPS) is 11.6. The van der Waals surface area contributed by atoms with Crippen LogP contribution in [0, 0.1) is 5.92 Å². The Morgan fingerprint density at radius 1 is 1.17 bits per heavy atom. The maximum Gasteiger partial charge on any atom is 0.284 e. The zero-order valence-electron chi connectivity index (χ0n) is 13.1. The minimum atomic E-state index is 0.362. The quantitative estimate of drug-likeness (QED) is 0.512. The molecule has 0 N–H and O–H groups in total. The molecule has 0 radical (unpaired) electrons. The third kappa shape index (κ3) is 3.20. The van der Waals surface area contributed by atoms with Crippen molar-refractivity contribution in [1.29, 1.82) is 0 Å². The van der Waals surface area contributed by atoms with Crippen molar-refractivity contribution in [3.63, 3.8) is 0 Å². The summed E-state index contributed by atoms with van der Waals surface area (Å²) in [5, 5.41) is 9.54. The van der Waals surface area contributed by atoms with Crippen LogP contribution in [-0.4, -0.2) is 19.6 Å². The molecule has 0 fully saturated rings. The number of hydrogen-bond acceptors (Lipinski definition) is 8. The Morgan fingerprint density at radius 2 is 2.04 bits per heavy atom. The largest absolute Gasteiger partial charge is 0.451 e. The summed E-state index contributed by atoms with van der Waals surface area (Å²) in [6.45, 7) is 4.29. The van der Waals surface area contributed by atoms with Crippen LogP contribution in [-0.2, 0) is 6.42 Å². The van der Waals surface area contributed by atoms with Crippen LogP contribution >= 0.6 is 23.3 Å². The second-order valence-corrected chi connectivity index (χ2v) is 7.65. The standard InChI is InChI=1S/C16H14N4O2S2/c1-9(2)7-13-17-16(24-20-13)23-15-19-18-14(22-15)12-8-10-5-3-4-6-11(10)21-12/h3-6,8-9H,7H2,1-2H3. The summed E-state index contributed by atoms with van der Waals surface area (Å²) in [6.07, 6.45) is 0.866. The van der Waals surface area contributed by atoms with Gasteiger partial charge in [-0.1, -0.05) is 32.0 Å². The highest BCUT2D eigenvalue weighted by atomic mass is 32.2. The zero-order valence-corrected chi connectivity index (χ0v) is 14.7. The topological polar surface area (TPSA) is 77.8 Å². The summed E-state index contributed by atoms with van der Waals surface area (Å²) in [4.78, 5) is 4.48. The van der Waals surface area contributed by atoms with Crippen molar-refractivity contribution in [3.8, 4) is 11.7 Å². The van der Waals surface area contributed by atoms with Gasteiger partial charge in [0.1, 0.15) is 11.4 Å². The lowest BCUT2D eigenvalue weighted by Crippen LogP contribution is -1.95. The van der Waals surface area contributed by atoms with E-state index < -0.39 is 0 Å². The van der Waals surface area contributed by atoms with Crippen LogP contribution in [0.1, 0.15) is 19.7 Å². The molecular weight excluding hydrogens is 344 g/mol. The third-order valence-electron chi connectivity index (χ3n) is 3.26. The van der Waals surface area contributed by atoms with E-state index in [-0.39, 0.29) is 0 Å². The average molecular weight is 358 g/mol. The minimum absolute atomic E-state index is 0.362. The summed E-state index contributed by atoms with van der Waals surface area (Å²) in [6, 6.07) is 9.66. The lowest BCUT2D eigenvalue weighted by Gasteiger charge is -1.96. The van der Waals surface area contributed by atoms with Crippen LogP contribution in [0.25, 0.3) is 22.6 Å². The highest BCUT2D eigenvalue weighted by Crippen LogP contribution is 2.32. The van der Waals surface area contributed by atoms with E-state index in [2.05, 4.69) is 33.4 Å². The molecule has 6 nitrogen and oxygen atoms in total. The predicted molar refractivity (Wildman–Crippen MR) is 92.1 cm³/mol. The lowest BCUT2D eigenvalue weighted by molar-refractivity contribution is 0.451. The molecule has 0 aliphatic heterocycles. The Morgan fingerprint density at radius 3 is 2.88 bits per heavy atom. The van der Waals surface area contributed by atoms with Crippen LogP contribution in [0.15, 0.2) is 48.7 Å². The molecule has 0 spiro atoms. The van der Waals surface area contributed by atoms with Gasteiger partial charge in [0.2, 0.25) is 0 Å². The molecule has 4 aromatic rings. The Hall–Kier alpha value is -2.19. The number of rotatable bonds is 5. The molecule has 122 valence electrons. The fourth-order valence-corrected chi connectivity index (χ4v) is 3.66. The fourth-order valence-electron chi connectivity index (χ4n) is 2.24. The van der Waals surface area contributed by atoms with Gasteiger partial charge in [0.15, 0.2) is 10.1 Å². The third-order valence-corrected chi connectivity index (χ3v) is 4.89. The van der Waals surface area contributed by atoms with E-state index in [0.29, 0.717) is 22.8 Å². The number of nitrogens with zero attached hydrogens (tertiary/aromatic N) is 4. The van der Waals surface area contributed by atoms with Gasteiger partial charge < -0.3 is 8.83 Å². The van der Waals surface area contributed by atoms with Gasteiger partial charge in [0.05, 0.1) is 0 Å². The molecule has 0 saturated carbocycles. The predicted octanol–water partition coefficient (Wildman–Crippen LogP) is 4.68. The second kappa shape index (κ2) is 6.37. The van der Waals surface area contributed by atoms with Gasteiger partial charge >= 0.3 is 0 Å². The van der Waals surface area contributed by atoms with Crippen LogP contribution in [0.3, 0.4) is 0 Å². The van der Waals surface area contributed by atoms with Crippen molar-refractivity contribution in [2.75, 3.05) is 0 Å². The first-order valence-corrected chi connectivity index (χ1v) is 9.09. The van der Waals surface area contributed by atoms with Crippen LogP contribution < -0.4 is 0 Å². The van der Waals surface area contributed by atoms with Crippen molar-refractivity contribution >= 4 is 34.3 Å². The number of aromatic nitrogens is 4. The van der Waals surface area contributed by atoms with Crippen molar-refractivity contribution in [2.45, 2.75) is 29.8 Å². The first-order valence-electron chi connectivity index (χ1n) is 7.50. The van der Waals surface area contributed by atoms with Gasteiger partial charge in [-0.05, 0) is 29.6 Å². The summed E-state index contributed by atoms with van der Waals surface area (Å²) in [5.74, 6) is 2.31. The van der Waals surface area contributed by atoms with E-state index in [1.165, 1.54) is 23.3 Å². The molecule has 24 heavy (non-hydrogen) atoms. The molecule has 0 unspecified atom stereocenters. The van der Waals surface area contributed by atoms with Crippen LogP contribution in [0.5, 0.6) is 0 Å². The average Bonchev–Trinajstić information content (AvgIpc) is 3.26. The van der Waals surface area contributed by atoms with Crippen molar-refractivity contribution in [3.05, 3.63) is 36.2 Å². The van der Waals surface area contributed by atoms with Crippen LogP contribution in [0.4, 0.5) is 0 Å². The van der Waals surface area contributed by atoms with Gasteiger partial charge in [0.25, 0.3) is 11.1 Å². The molecule has 0 saturated heterocycles. The smallest absolute Gasteiger partial charge is 0.284 e. The van der Waals surface area contributed by atoms with Crippen LogP contribution in [0.2, 0.25) is 0 Å². The molecule has 0 atom stereocenters. The van der Waals surface area contributed by atoms with Gasteiger partial charge in [-0.2, -0.15) is 4.37 Å². The number of furan rings is 1. The molecule has 1 aromatic carbocycles. The number of fused-ring (bicyclic) bond motifs is 1. The first kappa shape index (κ1) is 15.3. The van der Waals surface area contributed by atoms with Gasteiger partial charge in [-0.25, -0.2) is 4.98 Å². The molecule has 0 aliphatic carbocycles. The van der Waals surface area contributed by atoms with E-state index >= 15 is 0 Å². The molecule has 3 aromatic heterocycles. The SMILES string of the molecule is CC(C)Cc1nsc(Sc2nnc(-c3cc4ccccc4o3)o2)n1. The molecule has 0 bridgehead atoms. The van der Waals surface area contributed by atoms with Gasteiger partial charge in [-0.3, -0.25) is 0 Å². The first-order chi connectivity index (χ1) is 11.7. The molecule has 3 heterocycles. The van der Waals surface area contributed by atoms with E-state index in [9.17, 15) is 0 Å². The molecule has 0 amide bonds. The maximum atomic E-state index is 5.73. The molecular formula is C16H14N4O2S2. The number of benzene rings is 1. The van der Waals surface area contributed by atoms with E-state index in [1.807, 2.05) is 30.3 Å². The highest BCUT2D eigenvalue weighted by molar-refractivity contribution is 8.00. The molecule has 4 rings (SSSR count). The number of para-hydroxylation sites is 1. The summed E-state index contributed by atoms with van der Waals surface area (Å²) < 4.78 is 16.6. The van der Waals surface area contributed by atoms with E-state index in [1.54, 1.807) is 0 Å². The monoisotopic (exact) mass is 358 g/mol. The molecule has 8 heteroatoms. The molecule has 0 aliphatic rings. The van der Waals surface area contributed by atoms with E-state index in [4.69, 9.17) is 8.83 Å². The Kier molecular flexibility index (Phi) is 4.07. The summed E-state index contributed by atoms with van der Waals surface area (Å²) in [5.41, 5.74) is 0.794. The van der Waals surface area contributed by atoms with Gasteiger partial charge in [0, 0.05) is 23.6 Å². The Bertz CT molecular complexity index is 940. The second-order valence-electron chi connectivity index (χ2n) is 5.70. The van der Waals surface area contributed by atoms with Gasteiger partial charge in [-0.15, -0.1) is 10.2 Å². The number of hydrogen-bond donors (Lipinski definition) is 0. The summed E-state index contributed by atoms with van der Waals surface area (Å²) in [7, 11) is 0. The fraction of sp³-hybridized carbons (Fsp3) is 0.250. The zero-order chi connectivity index (χ0) is 16.5. The maximum absolute atomic E-state index is 5.73. The Labute approximate surface area is 146 Å². The minimum Gasteiger partial charge on any atom is -0.451 e. The highest BCUT2D eigenvalue weighted by Gasteiger charge is 2.16. The van der Waals surface area contributed by atoms with E-state index in [0.717, 1.165) is 27.6 Å².